The maximum absolute atomic E-state index is 12.4. The Kier molecular flexibility index (Phi) is 7.47. The van der Waals surface area contributed by atoms with Crippen molar-refractivity contribution >= 4 is 31.9 Å². The van der Waals surface area contributed by atoms with Crippen molar-refractivity contribution in [3.8, 4) is 0 Å². The van der Waals surface area contributed by atoms with E-state index in [0.717, 1.165) is 4.47 Å². The van der Waals surface area contributed by atoms with Crippen LogP contribution in [0.25, 0.3) is 0 Å². The first-order chi connectivity index (χ1) is 10.3. The molecule has 1 unspecified atom stereocenters. The first kappa shape index (κ1) is 19.1. The van der Waals surface area contributed by atoms with Gasteiger partial charge in [0.2, 0.25) is 15.9 Å². The van der Waals surface area contributed by atoms with Gasteiger partial charge in [-0.1, -0.05) is 29.8 Å². The molecule has 0 aliphatic heterocycles. The highest BCUT2D eigenvalue weighted by Gasteiger charge is 2.28. The fraction of sp³-hybridized carbons (Fsp3) is 0.500. The van der Waals surface area contributed by atoms with E-state index in [1.54, 1.807) is 33.0 Å². The number of carbonyl (C=O) groups excluding carboxylic acids is 1. The van der Waals surface area contributed by atoms with Crippen LogP contribution in [-0.4, -0.2) is 40.5 Å². The maximum atomic E-state index is 12.4. The first-order valence-electron chi connectivity index (χ1n) is 6.98. The third-order valence-electron chi connectivity index (χ3n) is 3.03. The van der Waals surface area contributed by atoms with Crippen molar-refractivity contribution in [1.82, 2.24) is 15.4 Å². The lowest BCUT2D eigenvalue weighted by molar-refractivity contribution is -0.123. The van der Waals surface area contributed by atoms with Gasteiger partial charge in [0, 0.05) is 17.6 Å². The molecule has 0 saturated carbocycles. The van der Waals surface area contributed by atoms with Gasteiger partial charge < -0.3 is 10.6 Å². The summed E-state index contributed by atoms with van der Waals surface area (Å²) < 4.78 is 28.0. The number of hydrogen-bond acceptors (Lipinski definition) is 4. The molecule has 3 N–H and O–H groups in total. The molecule has 6 nitrogen and oxygen atoms in total. The van der Waals surface area contributed by atoms with Crippen molar-refractivity contribution < 1.29 is 13.2 Å². The largest absolute Gasteiger partial charge is 0.353 e. The van der Waals surface area contributed by atoms with E-state index >= 15 is 0 Å². The summed E-state index contributed by atoms with van der Waals surface area (Å²) in [4.78, 5) is 12.3. The van der Waals surface area contributed by atoms with E-state index in [4.69, 9.17) is 0 Å². The topological polar surface area (TPSA) is 87.3 Å². The van der Waals surface area contributed by atoms with Crippen LogP contribution >= 0.6 is 15.9 Å². The third kappa shape index (κ3) is 5.68. The Labute approximate surface area is 140 Å². The first-order valence-corrected chi connectivity index (χ1v) is 9.25. The molecule has 124 valence electrons. The molecule has 1 aromatic carbocycles. The van der Waals surface area contributed by atoms with Crippen molar-refractivity contribution in [2.75, 3.05) is 20.1 Å². The highest BCUT2D eigenvalue weighted by molar-refractivity contribution is 9.10. The number of likely N-dealkylation sites (N-methyl/N-ethyl adjacent to an activating group) is 1. The second-order valence-corrected chi connectivity index (χ2v) is 7.82. The SMILES string of the molecule is CNCCNC(=O)C(NS(=O)(=O)c1ccc(Br)cc1)C(C)C. The molecule has 0 bridgehead atoms. The number of halogens is 1. The second kappa shape index (κ2) is 8.61. The molecule has 0 spiro atoms. The van der Waals surface area contributed by atoms with Gasteiger partial charge >= 0.3 is 0 Å². The highest BCUT2D eigenvalue weighted by Crippen LogP contribution is 2.16. The molecule has 0 heterocycles. The molecular formula is C14H22BrN3O3S. The van der Waals surface area contributed by atoms with E-state index < -0.39 is 16.1 Å². The van der Waals surface area contributed by atoms with Gasteiger partial charge in [0.25, 0.3) is 0 Å². The minimum atomic E-state index is -3.74. The predicted molar refractivity (Wildman–Crippen MR) is 90.0 cm³/mol. The molecule has 0 aliphatic rings. The molecule has 1 amide bonds. The van der Waals surface area contributed by atoms with Crippen molar-refractivity contribution in [3.05, 3.63) is 28.7 Å². The van der Waals surface area contributed by atoms with E-state index in [1.165, 1.54) is 12.1 Å². The van der Waals surface area contributed by atoms with Crippen molar-refractivity contribution in [1.29, 1.82) is 0 Å². The molecule has 0 aliphatic carbocycles. The summed E-state index contributed by atoms with van der Waals surface area (Å²) in [6, 6.07) is 5.45. The molecular weight excluding hydrogens is 370 g/mol. The number of hydrogen-bond donors (Lipinski definition) is 3. The van der Waals surface area contributed by atoms with Crippen LogP contribution in [0.15, 0.2) is 33.6 Å². The van der Waals surface area contributed by atoms with E-state index in [0.29, 0.717) is 13.1 Å². The lowest BCUT2D eigenvalue weighted by atomic mass is 10.1. The molecule has 0 aromatic heterocycles. The number of amides is 1. The average Bonchev–Trinajstić information content (AvgIpc) is 2.45. The molecule has 0 radical (unpaired) electrons. The van der Waals surface area contributed by atoms with Gasteiger partial charge in [0.15, 0.2) is 0 Å². The Morgan fingerprint density at radius 2 is 1.77 bits per heavy atom. The summed E-state index contributed by atoms with van der Waals surface area (Å²) in [5.41, 5.74) is 0. The van der Waals surface area contributed by atoms with Crippen LogP contribution in [0, 0.1) is 5.92 Å². The average molecular weight is 392 g/mol. The standard InChI is InChI=1S/C14H22BrN3O3S/c1-10(2)13(14(19)17-9-8-16-3)18-22(20,21)12-6-4-11(15)5-7-12/h4-7,10,13,16,18H,8-9H2,1-3H3,(H,17,19). The van der Waals surface area contributed by atoms with Gasteiger partial charge in [-0.05, 0) is 37.2 Å². The summed E-state index contributed by atoms with van der Waals surface area (Å²) >= 11 is 3.26. The Morgan fingerprint density at radius 3 is 2.27 bits per heavy atom. The Bertz CT molecular complexity index is 588. The molecule has 8 heteroatoms. The molecule has 1 rings (SSSR count). The maximum Gasteiger partial charge on any atom is 0.241 e. The molecule has 0 saturated heterocycles. The van der Waals surface area contributed by atoms with Gasteiger partial charge in [0.05, 0.1) is 4.90 Å². The quantitative estimate of drug-likeness (QED) is 0.578. The number of carbonyl (C=O) groups is 1. The number of benzene rings is 1. The summed E-state index contributed by atoms with van der Waals surface area (Å²) in [6.45, 7) is 4.66. The third-order valence-corrected chi connectivity index (χ3v) is 5.02. The number of rotatable bonds is 8. The lowest BCUT2D eigenvalue weighted by Gasteiger charge is -2.21. The summed E-state index contributed by atoms with van der Waals surface area (Å²) in [5.74, 6) is -0.495. The van der Waals surface area contributed by atoms with Crippen LogP contribution in [0.4, 0.5) is 0 Å². The molecule has 0 fully saturated rings. The fourth-order valence-corrected chi connectivity index (χ4v) is 3.37. The van der Waals surface area contributed by atoms with Crippen LogP contribution in [-0.2, 0) is 14.8 Å². The molecule has 1 aromatic rings. The van der Waals surface area contributed by atoms with Gasteiger partial charge in [-0.2, -0.15) is 4.72 Å². The van der Waals surface area contributed by atoms with E-state index in [-0.39, 0.29) is 16.7 Å². The van der Waals surface area contributed by atoms with Gasteiger partial charge in [-0.3, -0.25) is 4.79 Å². The molecule has 1 atom stereocenters. The van der Waals surface area contributed by atoms with Crippen molar-refractivity contribution in [2.24, 2.45) is 5.92 Å². The van der Waals surface area contributed by atoms with Crippen LogP contribution in [0.5, 0.6) is 0 Å². The highest BCUT2D eigenvalue weighted by atomic mass is 79.9. The predicted octanol–water partition coefficient (Wildman–Crippen LogP) is 1.09. The molecule has 22 heavy (non-hydrogen) atoms. The monoisotopic (exact) mass is 391 g/mol. The number of sulfonamides is 1. The van der Waals surface area contributed by atoms with E-state index in [9.17, 15) is 13.2 Å². The number of nitrogens with one attached hydrogen (secondary N) is 3. The summed E-state index contributed by atoms with van der Waals surface area (Å²) in [6.07, 6.45) is 0. The van der Waals surface area contributed by atoms with E-state index in [2.05, 4.69) is 31.3 Å². The van der Waals surface area contributed by atoms with Crippen molar-refractivity contribution in [3.63, 3.8) is 0 Å². The summed E-state index contributed by atoms with van der Waals surface area (Å²) in [7, 11) is -1.96. The zero-order chi connectivity index (χ0) is 16.8. The fourth-order valence-electron chi connectivity index (χ4n) is 1.76. The Balaban J connectivity index is 2.85. The zero-order valence-electron chi connectivity index (χ0n) is 12.9. The van der Waals surface area contributed by atoms with E-state index in [1.807, 2.05) is 0 Å². The Hall–Kier alpha value is -0.960. The normalized spacial score (nSPS) is 13.1. The van der Waals surface area contributed by atoms with Crippen LogP contribution in [0.1, 0.15) is 13.8 Å². The van der Waals surface area contributed by atoms with Gasteiger partial charge in [-0.25, -0.2) is 8.42 Å². The smallest absolute Gasteiger partial charge is 0.241 e. The minimum absolute atomic E-state index is 0.129. The summed E-state index contributed by atoms with van der Waals surface area (Å²) in [5, 5.41) is 5.63. The van der Waals surface area contributed by atoms with Crippen LogP contribution in [0.2, 0.25) is 0 Å². The Morgan fingerprint density at radius 1 is 1.18 bits per heavy atom. The van der Waals surface area contributed by atoms with Crippen LogP contribution in [0.3, 0.4) is 0 Å². The minimum Gasteiger partial charge on any atom is -0.353 e. The van der Waals surface area contributed by atoms with Gasteiger partial charge in [0.1, 0.15) is 6.04 Å². The van der Waals surface area contributed by atoms with Crippen LogP contribution < -0.4 is 15.4 Å². The van der Waals surface area contributed by atoms with Gasteiger partial charge in [-0.15, -0.1) is 0 Å². The lowest BCUT2D eigenvalue weighted by Crippen LogP contribution is -2.50. The van der Waals surface area contributed by atoms with Crippen molar-refractivity contribution in [2.45, 2.75) is 24.8 Å². The zero-order valence-corrected chi connectivity index (χ0v) is 15.3. The second-order valence-electron chi connectivity index (χ2n) is 5.19.